The van der Waals surface area contributed by atoms with Crippen molar-refractivity contribution in [3.05, 3.63) is 29.5 Å². The molecule has 0 radical (unpaired) electrons. The monoisotopic (exact) mass is 244 g/mol. The molecule has 18 heavy (non-hydrogen) atoms. The van der Waals surface area contributed by atoms with Crippen LogP contribution in [0, 0.1) is 5.92 Å². The fraction of sp³-hybridized carbons (Fsp3) is 0.467. The molecule has 0 amide bonds. The molecule has 1 heterocycles. The SMILES string of the molecule is CN(C)CC1CCc2[nH]c3ccc(O)cc3c2C1. The first-order valence-electron chi connectivity index (χ1n) is 6.60. The highest BCUT2D eigenvalue weighted by Gasteiger charge is 2.22. The molecular formula is C15H20N2O. The highest BCUT2D eigenvalue weighted by Crippen LogP contribution is 2.33. The summed E-state index contributed by atoms with van der Waals surface area (Å²) in [5.74, 6) is 1.09. The molecule has 0 saturated heterocycles. The molecule has 1 aliphatic carbocycles. The molecule has 0 aliphatic heterocycles. The van der Waals surface area contributed by atoms with E-state index in [0.717, 1.165) is 30.8 Å². The average molecular weight is 244 g/mol. The Morgan fingerprint density at radius 1 is 1.39 bits per heavy atom. The molecule has 96 valence electrons. The first kappa shape index (κ1) is 11.6. The molecular weight excluding hydrogens is 224 g/mol. The van der Waals surface area contributed by atoms with Crippen molar-refractivity contribution in [1.29, 1.82) is 0 Å². The number of fused-ring (bicyclic) bond motifs is 3. The summed E-state index contributed by atoms with van der Waals surface area (Å²) < 4.78 is 0. The van der Waals surface area contributed by atoms with Crippen LogP contribution in [0.15, 0.2) is 18.2 Å². The maximum absolute atomic E-state index is 9.64. The molecule has 3 heteroatoms. The lowest BCUT2D eigenvalue weighted by Gasteiger charge is -2.25. The van der Waals surface area contributed by atoms with Gasteiger partial charge in [-0.15, -0.1) is 0 Å². The molecule has 0 fully saturated rings. The summed E-state index contributed by atoms with van der Waals surface area (Å²) >= 11 is 0. The molecule has 0 saturated carbocycles. The van der Waals surface area contributed by atoms with Gasteiger partial charge < -0.3 is 15.0 Å². The summed E-state index contributed by atoms with van der Waals surface area (Å²) in [5, 5.41) is 10.8. The number of aromatic hydroxyl groups is 1. The summed E-state index contributed by atoms with van der Waals surface area (Å²) in [6, 6.07) is 5.62. The predicted molar refractivity (Wildman–Crippen MR) is 74.0 cm³/mol. The Kier molecular flexibility index (Phi) is 2.78. The van der Waals surface area contributed by atoms with E-state index in [1.165, 1.54) is 23.1 Å². The molecule has 2 aromatic rings. The number of aromatic nitrogens is 1. The molecule has 1 aromatic heterocycles. The van der Waals surface area contributed by atoms with Gasteiger partial charge in [-0.25, -0.2) is 0 Å². The van der Waals surface area contributed by atoms with Gasteiger partial charge in [0.15, 0.2) is 0 Å². The van der Waals surface area contributed by atoms with E-state index < -0.39 is 0 Å². The zero-order chi connectivity index (χ0) is 12.7. The second-order valence-corrected chi connectivity index (χ2v) is 5.68. The fourth-order valence-electron chi connectivity index (χ4n) is 3.15. The number of hydrogen-bond donors (Lipinski definition) is 2. The van der Waals surface area contributed by atoms with E-state index in [0.29, 0.717) is 5.75 Å². The summed E-state index contributed by atoms with van der Waals surface area (Å²) in [4.78, 5) is 5.76. The number of rotatable bonds is 2. The van der Waals surface area contributed by atoms with Crippen LogP contribution < -0.4 is 0 Å². The molecule has 2 N–H and O–H groups in total. The van der Waals surface area contributed by atoms with E-state index in [1.54, 1.807) is 6.07 Å². The number of H-pyrrole nitrogens is 1. The first-order valence-corrected chi connectivity index (χ1v) is 6.60. The molecule has 1 unspecified atom stereocenters. The Morgan fingerprint density at radius 3 is 3.00 bits per heavy atom. The standard InChI is InChI=1S/C15H20N2O/c1-17(2)9-10-3-5-14-12(7-10)13-8-11(18)4-6-15(13)16-14/h4,6,8,10,16,18H,3,5,7,9H2,1-2H3. The minimum atomic E-state index is 0.360. The molecule has 0 bridgehead atoms. The van der Waals surface area contributed by atoms with Crippen molar-refractivity contribution in [3.63, 3.8) is 0 Å². The molecule has 3 rings (SSSR count). The van der Waals surface area contributed by atoms with Crippen molar-refractivity contribution < 1.29 is 5.11 Å². The van der Waals surface area contributed by atoms with Gasteiger partial charge in [0.25, 0.3) is 0 Å². The number of nitrogens with one attached hydrogen (secondary N) is 1. The van der Waals surface area contributed by atoms with E-state index >= 15 is 0 Å². The predicted octanol–water partition coefficient (Wildman–Crippen LogP) is 2.54. The second kappa shape index (κ2) is 4.32. The third kappa shape index (κ3) is 1.99. The van der Waals surface area contributed by atoms with Crippen molar-refractivity contribution in [1.82, 2.24) is 9.88 Å². The normalized spacial score (nSPS) is 19.4. The van der Waals surface area contributed by atoms with Gasteiger partial charge in [0.1, 0.15) is 5.75 Å². The molecule has 1 atom stereocenters. The van der Waals surface area contributed by atoms with Gasteiger partial charge in [0, 0.05) is 23.1 Å². The van der Waals surface area contributed by atoms with Gasteiger partial charge in [-0.3, -0.25) is 0 Å². The number of phenolic OH excluding ortho intramolecular Hbond substituents is 1. The lowest BCUT2D eigenvalue weighted by atomic mass is 9.86. The van der Waals surface area contributed by atoms with Crippen LogP contribution in [0.2, 0.25) is 0 Å². The van der Waals surface area contributed by atoms with Crippen LogP contribution in [0.3, 0.4) is 0 Å². The van der Waals surface area contributed by atoms with Crippen molar-refractivity contribution in [2.75, 3.05) is 20.6 Å². The van der Waals surface area contributed by atoms with Gasteiger partial charge in [-0.05, 0) is 63.0 Å². The smallest absolute Gasteiger partial charge is 0.116 e. The summed E-state index contributed by atoms with van der Waals surface area (Å²) in [7, 11) is 4.27. The summed E-state index contributed by atoms with van der Waals surface area (Å²) in [6.45, 7) is 1.14. The molecule has 3 nitrogen and oxygen atoms in total. The zero-order valence-corrected chi connectivity index (χ0v) is 11.0. The maximum Gasteiger partial charge on any atom is 0.116 e. The topological polar surface area (TPSA) is 39.3 Å². The largest absolute Gasteiger partial charge is 0.508 e. The van der Waals surface area contributed by atoms with Gasteiger partial charge in [-0.1, -0.05) is 0 Å². The molecule has 1 aliphatic rings. The lowest BCUT2D eigenvalue weighted by Crippen LogP contribution is -2.26. The lowest BCUT2D eigenvalue weighted by molar-refractivity contribution is 0.302. The highest BCUT2D eigenvalue weighted by molar-refractivity contribution is 5.86. The van der Waals surface area contributed by atoms with E-state index in [4.69, 9.17) is 0 Å². The number of hydrogen-bond acceptors (Lipinski definition) is 2. The van der Waals surface area contributed by atoms with Gasteiger partial charge in [0.2, 0.25) is 0 Å². The Hall–Kier alpha value is -1.48. The van der Waals surface area contributed by atoms with Crippen LogP contribution in [-0.4, -0.2) is 35.6 Å². The zero-order valence-electron chi connectivity index (χ0n) is 11.0. The van der Waals surface area contributed by atoms with Crippen LogP contribution in [0.5, 0.6) is 5.75 Å². The Balaban J connectivity index is 1.98. The van der Waals surface area contributed by atoms with Gasteiger partial charge in [0.05, 0.1) is 0 Å². The maximum atomic E-state index is 9.64. The highest BCUT2D eigenvalue weighted by atomic mass is 16.3. The van der Waals surface area contributed by atoms with Gasteiger partial charge in [-0.2, -0.15) is 0 Å². The minimum absolute atomic E-state index is 0.360. The van der Waals surface area contributed by atoms with E-state index in [9.17, 15) is 5.11 Å². The number of benzene rings is 1. The minimum Gasteiger partial charge on any atom is -0.508 e. The van der Waals surface area contributed by atoms with E-state index in [-0.39, 0.29) is 0 Å². The molecule has 0 spiro atoms. The number of aromatic amines is 1. The van der Waals surface area contributed by atoms with Crippen LogP contribution in [0.4, 0.5) is 0 Å². The number of phenols is 1. The Labute approximate surface area is 107 Å². The number of aryl methyl sites for hydroxylation is 1. The Morgan fingerprint density at radius 2 is 2.22 bits per heavy atom. The van der Waals surface area contributed by atoms with Gasteiger partial charge >= 0.3 is 0 Å². The van der Waals surface area contributed by atoms with Crippen LogP contribution in [0.25, 0.3) is 10.9 Å². The summed E-state index contributed by atoms with van der Waals surface area (Å²) in [5.41, 5.74) is 3.94. The van der Waals surface area contributed by atoms with Crippen molar-refractivity contribution in [2.45, 2.75) is 19.3 Å². The number of nitrogens with zero attached hydrogens (tertiary/aromatic N) is 1. The summed E-state index contributed by atoms with van der Waals surface area (Å²) in [6.07, 6.45) is 3.50. The fourth-order valence-corrected chi connectivity index (χ4v) is 3.15. The molecule has 1 aromatic carbocycles. The third-order valence-corrected chi connectivity index (χ3v) is 3.90. The van der Waals surface area contributed by atoms with Crippen LogP contribution in [0.1, 0.15) is 17.7 Å². The van der Waals surface area contributed by atoms with E-state index in [2.05, 4.69) is 24.0 Å². The average Bonchev–Trinajstić information content (AvgIpc) is 2.66. The first-order chi connectivity index (χ1) is 8.63. The van der Waals surface area contributed by atoms with Crippen LogP contribution in [-0.2, 0) is 12.8 Å². The quantitative estimate of drug-likeness (QED) is 0.852. The van der Waals surface area contributed by atoms with Crippen molar-refractivity contribution in [2.24, 2.45) is 5.92 Å². The second-order valence-electron chi connectivity index (χ2n) is 5.68. The van der Waals surface area contributed by atoms with Crippen molar-refractivity contribution in [3.8, 4) is 5.75 Å². The Bertz CT molecular complexity index is 571. The van der Waals surface area contributed by atoms with Crippen LogP contribution >= 0.6 is 0 Å². The van der Waals surface area contributed by atoms with E-state index in [1.807, 2.05) is 12.1 Å². The van der Waals surface area contributed by atoms with Crippen molar-refractivity contribution >= 4 is 10.9 Å². The third-order valence-electron chi connectivity index (χ3n) is 3.90.